The number of methoxy groups -OCH3 is 1. The molecule has 0 atom stereocenters. The Hall–Kier alpha value is -2.08. The summed E-state index contributed by atoms with van der Waals surface area (Å²) in [5.74, 6) is 0.921. The molecule has 1 fully saturated rings. The molecular weight excluding hydrogens is 310 g/mol. The fourth-order valence-corrected chi connectivity index (χ4v) is 3.73. The quantitative estimate of drug-likeness (QED) is 0.867. The van der Waals surface area contributed by atoms with Gasteiger partial charge in [-0.15, -0.1) is 11.3 Å². The smallest absolute Gasteiger partial charge is 0.273 e. The van der Waals surface area contributed by atoms with Gasteiger partial charge in [0.05, 0.1) is 17.8 Å². The van der Waals surface area contributed by atoms with Gasteiger partial charge in [0.25, 0.3) is 5.91 Å². The topological polar surface area (TPSA) is 45.7 Å². The third-order valence-electron chi connectivity index (χ3n) is 4.10. The number of ether oxygens (including phenoxy) is 1. The number of para-hydroxylation sites is 2. The average Bonchev–Trinajstić information content (AvgIpc) is 2.92. The zero-order valence-corrected chi connectivity index (χ0v) is 14.5. The van der Waals surface area contributed by atoms with Crippen LogP contribution in [0.2, 0.25) is 0 Å². The molecule has 3 rings (SSSR count). The molecule has 122 valence electrons. The number of thiazole rings is 1. The van der Waals surface area contributed by atoms with Crippen LogP contribution in [-0.4, -0.2) is 49.1 Å². The Morgan fingerprint density at radius 1 is 1.17 bits per heavy atom. The molecule has 1 amide bonds. The first-order chi connectivity index (χ1) is 11.1. The van der Waals surface area contributed by atoms with Crippen molar-refractivity contribution in [3.63, 3.8) is 0 Å². The van der Waals surface area contributed by atoms with Gasteiger partial charge in [-0.25, -0.2) is 4.98 Å². The van der Waals surface area contributed by atoms with Crippen molar-refractivity contribution in [3.05, 3.63) is 39.8 Å². The molecule has 1 aliphatic heterocycles. The second-order valence-corrected chi connectivity index (χ2v) is 7.00. The van der Waals surface area contributed by atoms with Gasteiger partial charge in [-0.3, -0.25) is 4.79 Å². The Balaban J connectivity index is 1.69. The molecule has 5 nitrogen and oxygen atoms in total. The number of carbonyl (C=O) groups excluding carboxylic acids is 1. The lowest BCUT2D eigenvalue weighted by Gasteiger charge is -2.36. The van der Waals surface area contributed by atoms with Crippen molar-refractivity contribution in [1.29, 1.82) is 0 Å². The van der Waals surface area contributed by atoms with Gasteiger partial charge in [-0.2, -0.15) is 0 Å². The van der Waals surface area contributed by atoms with Gasteiger partial charge in [0, 0.05) is 31.1 Å². The van der Waals surface area contributed by atoms with Crippen molar-refractivity contribution in [2.75, 3.05) is 38.2 Å². The standard InChI is InChI=1S/C17H21N3O2S/c1-12-16(18-13(2)23-12)17(21)20-10-8-19(9-11-20)14-6-4-5-7-15(14)22-3/h4-7H,8-11H2,1-3H3. The van der Waals surface area contributed by atoms with E-state index in [2.05, 4.69) is 16.0 Å². The predicted octanol–water partition coefficient (Wildman–Crippen LogP) is 2.73. The molecule has 0 bridgehead atoms. The molecule has 1 aromatic heterocycles. The maximum Gasteiger partial charge on any atom is 0.273 e. The van der Waals surface area contributed by atoms with E-state index in [0.717, 1.165) is 34.4 Å². The van der Waals surface area contributed by atoms with Crippen LogP contribution < -0.4 is 9.64 Å². The number of piperazine rings is 1. The van der Waals surface area contributed by atoms with E-state index in [4.69, 9.17) is 4.74 Å². The van der Waals surface area contributed by atoms with E-state index >= 15 is 0 Å². The zero-order valence-electron chi connectivity index (χ0n) is 13.7. The van der Waals surface area contributed by atoms with E-state index in [1.54, 1.807) is 18.4 Å². The van der Waals surface area contributed by atoms with Crippen molar-refractivity contribution in [2.45, 2.75) is 13.8 Å². The van der Waals surface area contributed by atoms with Gasteiger partial charge in [0.2, 0.25) is 0 Å². The summed E-state index contributed by atoms with van der Waals surface area (Å²) in [4.78, 5) is 22.2. The van der Waals surface area contributed by atoms with Gasteiger partial charge in [0.15, 0.2) is 0 Å². The minimum Gasteiger partial charge on any atom is -0.495 e. The lowest BCUT2D eigenvalue weighted by atomic mass is 10.2. The van der Waals surface area contributed by atoms with Crippen LogP contribution in [0.5, 0.6) is 5.75 Å². The fourth-order valence-electron chi connectivity index (χ4n) is 2.92. The Kier molecular flexibility index (Phi) is 4.52. The third kappa shape index (κ3) is 3.17. The monoisotopic (exact) mass is 331 g/mol. The second-order valence-electron chi connectivity index (χ2n) is 5.59. The summed E-state index contributed by atoms with van der Waals surface area (Å²) in [5.41, 5.74) is 1.70. The summed E-state index contributed by atoms with van der Waals surface area (Å²) >= 11 is 1.58. The second kappa shape index (κ2) is 6.58. The summed E-state index contributed by atoms with van der Waals surface area (Å²) in [7, 11) is 1.69. The number of hydrogen-bond acceptors (Lipinski definition) is 5. The van der Waals surface area contributed by atoms with E-state index < -0.39 is 0 Å². The number of amides is 1. The van der Waals surface area contributed by atoms with Crippen LogP contribution in [0.3, 0.4) is 0 Å². The van der Waals surface area contributed by atoms with Crippen LogP contribution in [0.15, 0.2) is 24.3 Å². The molecule has 6 heteroatoms. The van der Waals surface area contributed by atoms with Crippen LogP contribution in [0, 0.1) is 13.8 Å². The molecule has 0 N–H and O–H groups in total. The highest BCUT2D eigenvalue weighted by Gasteiger charge is 2.26. The Bertz CT molecular complexity index is 706. The predicted molar refractivity (Wildman–Crippen MR) is 92.7 cm³/mol. The molecule has 0 unspecified atom stereocenters. The van der Waals surface area contributed by atoms with E-state index in [-0.39, 0.29) is 5.91 Å². The molecule has 1 saturated heterocycles. The number of aromatic nitrogens is 1. The normalized spacial score (nSPS) is 14.9. The number of benzene rings is 1. The molecule has 2 aromatic rings. The van der Waals surface area contributed by atoms with Gasteiger partial charge in [-0.1, -0.05) is 12.1 Å². The van der Waals surface area contributed by atoms with Crippen LogP contribution in [0.25, 0.3) is 0 Å². The molecular formula is C17H21N3O2S. The summed E-state index contributed by atoms with van der Waals surface area (Å²) < 4.78 is 5.43. The minimum atomic E-state index is 0.0477. The van der Waals surface area contributed by atoms with Crippen LogP contribution in [0.4, 0.5) is 5.69 Å². The number of anilines is 1. The van der Waals surface area contributed by atoms with Crippen LogP contribution in [-0.2, 0) is 0 Å². The lowest BCUT2D eigenvalue weighted by Crippen LogP contribution is -2.49. The van der Waals surface area contributed by atoms with Crippen molar-refractivity contribution in [2.24, 2.45) is 0 Å². The van der Waals surface area contributed by atoms with E-state index in [9.17, 15) is 4.79 Å². The van der Waals surface area contributed by atoms with Gasteiger partial charge in [-0.05, 0) is 26.0 Å². The van der Waals surface area contributed by atoms with Crippen molar-refractivity contribution in [1.82, 2.24) is 9.88 Å². The maximum atomic E-state index is 12.6. The first kappa shape index (κ1) is 15.8. The Labute approximate surface area is 140 Å². The van der Waals surface area contributed by atoms with Crippen LogP contribution >= 0.6 is 11.3 Å². The fraction of sp³-hybridized carbons (Fsp3) is 0.412. The minimum absolute atomic E-state index is 0.0477. The highest BCUT2D eigenvalue weighted by molar-refractivity contribution is 7.11. The number of rotatable bonds is 3. The number of hydrogen-bond donors (Lipinski definition) is 0. The maximum absolute atomic E-state index is 12.6. The van der Waals surface area contributed by atoms with Crippen LogP contribution in [0.1, 0.15) is 20.4 Å². The van der Waals surface area contributed by atoms with E-state index in [0.29, 0.717) is 18.8 Å². The molecule has 0 saturated carbocycles. The SMILES string of the molecule is COc1ccccc1N1CCN(C(=O)c2nc(C)sc2C)CC1. The van der Waals surface area contributed by atoms with E-state index in [1.165, 1.54) is 0 Å². The first-order valence-corrected chi connectivity index (χ1v) is 8.53. The molecule has 23 heavy (non-hydrogen) atoms. The molecule has 1 aromatic carbocycles. The summed E-state index contributed by atoms with van der Waals surface area (Å²) in [6, 6.07) is 8.00. The number of aryl methyl sites for hydroxylation is 2. The van der Waals surface area contributed by atoms with E-state index in [1.807, 2.05) is 36.9 Å². The molecule has 0 spiro atoms. The van der Waals surface area contributed by atoms with Gasteiger partial charge < -0.3 is 14.5 Å². The van der Waals surface area contributed by atoms with Crippen molar-refractivity contribution >= 4 is 22.9 Å². The Morgan fingerprint density at radius 2 is 1.87 bits per heavy atom. The summed E-state index contributed by atoms with van der Waals surface area (Å²) in [5, 5.41) is 0.943. The average molecular weight is 331 g/mol. The third-order valence-corrected chi connectivity index (χ3v) is 4.99. The molecule has 0 radical (unpaired) electrons. The highest BCUT2D eigenvalue weighted by atomic mass is 32.1. The zero-order chi connectivity index (χ0) is 16.4. The number of carbonyl (C=O) groups is 1. The summed E-state index contributed by atoms with van der Waals surface area (Å²) in [6.07, 6.45) is 0. The molecule has 0 aliphatic carbocycles. The lowest BCUT2D eigenvalue weighted by molar-refractivity contribution is 0.0740. The largest absolute Gasteiger partial charge is 0.495 e. The summed E-state index contributed by atoms with van der Waals surface area (Å²) in [6.45, 7) is 6.90. The first-order valence-electron chi connectivity index (χ1n) is 7.71. The highest BCUT2D eigenvalue weighted by Crippen LogP contribution is 2.28. The van der Waals surface area contributed by atoms with Crippen molar-refractivity contribution in [3.8, 4) is 5.75 Å². The van der Waals surface area contributed by atoms with Crippen molar-refractivity contribution < 1.29 is 9.53 Å². The number of nitrogens with zero attached hydrogens (tertiary/aromatic N) is 3. The molecule has 1 aliphatic rings. The molecule has 2 heterocycles. The Morgan fingerprint density at radius 3 is 2.48 bits per heavy atom. The van der Waals surface area contributed by atoms with Gasteiger partial charge >= 0.3 is 0 Å². The van der Waals surface area contributed by atoms with Gasteiger partial charge in [0.1, 0.15) is 11.4 Å².